The minimum Gasteiger partial charge on any atom is -0.373 e. The minimum absolute atomic E-state index is 0.0286. The molecule has 3 rings (SSSR count). The molecular formula is C24H28N4O3. The lowest BCUT2D eigenvalue weighted by Gasteiger charge is -2.21. The van der Waals surface area contributed by atoms with Gasteiger partial charge in [0.2, 0.25) is 5.91 Å². The molecule has 0 radical (unpaired) electrons. The molecule has 162 valence electrons. The number of hydrogen-bond donors (Lipinski definition) is 3. The van der Waals surface area contributed by atoms with E-state index in [0.717, 1.165) is 16.5 Å². The number of rotatable bonds is 10. The highest BCUT2D eigenvalue weighted by molar-refractivity contribution is 6.10. The van der Waals surface area contributed by atoms with Crippen molar-refractivity contribution in [2.45, 2.75) is 45.7 Å². The summed E-state index contributed by atoms with van der Waals surface area (Å²) < 4.78 is 0. The number of anilines is 1. The first kappa shape index (κ1) is 22.2. The van der Waals surface area contributed by atoms with Gasteiger partial charge in [-0.2, -0.15) is 0 Å². The van der Waals surface area contributed by atoms with Crippen molar-refractivity contribution in [3.05, 3.63) is 60.2 Å². The summed E-state index contributed by atoms with van der Waals surface area (Å²) in [5, 5.41) is 7.83. The molecule has 0 saturated heterocycles. The van der Waals surface area contributed by atoms with Crippen molar-refractivity contribution in [1.29, 1.82) is 0 Å². The number of nitrogens with one attached hydrogen (secondary N) is 3. The second-order valence-corrected chi connectivity index (χ2v) is 8.13. The number of ketones is 1. The number of carbonyl (C=O) groups is 3. The van der Waals surface area contributed by atoms with Crippen molar-refractivity contribution in [2.75, 3.05) is 5.32 Å². The monoisotopic (exact) mass is 420 g/mol. The van der Waals surface area contributed by atoms with Crippen LogP contribution in [0.3, 0.4) is 0 Å². The number of aromatic nitrogens is 2. The topological polar surface area (TPSA) is 104 Å². The van der Waals surface area contributed by atoms with E-state index in [9.17, 15) is 14.4 Å². The lowest BCUT2D eigenvalue weighted by atomic mass is 9.96. The zero-order valence-corrected chi connectivity index (χ0v) is 18.0. The third-order valence-electron chi connectivity index (χ3n) is 5.06. The van der Waals surface area contributed by atoms with Gasteiger partial charge in [-0.05, 0) is 24.3 Å². The molecule has 3 aromatic rings. The van der Waals surface area contributed by atoms with E-state index < -0.39 is 12.1 Å². The molecule has 1 amide bonds. The first-order valence-corrected chi connectivity index (χ1v) is 10.4. The Labute approximate surface area is 181 Å². The Balaban J connectivity index is 1.82. The van der Waals surface area contributed by atoms with Crippen molar-refractivity contribution in [3.63, 3.8) is 0 Å². The van der Waals surface area contributed by atoms with E-state index in [1.165, 1.54) is 6.33 Å². The van der Waals surface area contributed by atoms with Gasteiger partial charge in [0, 0.05) is 35.7 Å². The number of fused-ring (bicyclic) bond motifs is 1. The molecule has 31 heavy (non-hydrogen) atoms. The van der Waals surface area contributed by atoms with Crippen molar-refractivity contribution in [3.8, 4) is 0 Å². The molecule has 0 spiro atoms. The van der Waals surface area contributed by atoms with E-state index >= 15 is 0 Å². The molecule has 0 aliphatic carbocycles. The van der Waals surface area contributed by atoms with Gasteiger partial charge in [0.05, 0.1) is 18.1 Å². The van der Waals surface area contributed by atoms with Gasteiger partial charge in [-0.25, -0.2) is 4.98 Å². The first-order chi connectivity index (χ1) is 14.9. The van der Waals surface area contributed by atoms with E-state index in [4.69, 9.17) is 0 Å². The molecule has 2 aromatic carbocycles. The van der Waals surface area contributed by atoms with E-state index in [-0.39, 0.29) is 17.6 Å². The van der Waals surface area contributed by atoms with Gasteiger partial charge in [-0.15, -0.1) is 0 Å². The average molecular weight is 421 g/mol. The average Bonchev–Trinajstić information content (AvgIpc) is 3.25. The highest BCUT2D eigenvalue weighted by atomic mass is 16.2. The van der Waals surface area contributed by atoms with E-state index in [0.29, 0.717) is 30.4 Å². The second kappa shape index (κ2) is 10.0. The van der Waals surface area contributed by atoms with Gasteiger partial charge in [-0.1, -0.05) is 44.2 Å². The fourth-order valence-electron chi connectivity index (χ4n) is 3.50. The lowest BCUT2D eigenvalue weighted by molar-refractivity contribution is -0.124. The number of benzene rings is 2. The van der Waals surface area contributed by atoms with Crippen LogP contribution < -0.4 is 10.6 Å². The zero-order valence-electron chi connectivity index (χ0n) is 18.0. The zero-order chi connectivity index (χ0) is 22.4. The lowest BCUT2D eigenvalue weighted by Crippen LogP contribution is -2.45. The molecule has 7 heteroatoms. The largest absolute Gasteiger partial charge is 0.373 e. The van der Waals surface area contributed by atoms with Crippen molar-refractivity contribution in [2.24, 2.45) is 5.92 Å². The maximum absolute atomic E-state index is 12.9. The Morgan fingerprint density at radius 2 is 1.90 bits per heavy atom. The van der Waals surface area contributed by atoms with Crippen LogP contribution in [0.25, 0.3) is 10.8 Å². The standard InChI is InChI=1S/C24H28N4O3/c1-15(2)10-22(30)21-9-8-17-6-4-5-7-20(17)23(21)27-16(3)24(31)28-19(13-29)11-18-12-25-14-26-18/h4-9,12-16,19,27H,10-11H2,1-3H3,(H,25,26)(H,28,31). The maximum atomic E-state index is 12.9. The summed E-state index contributed by atoms with van der Waals surface area (Å²) >= 11 is 0. The van der Waals surface area contributed by atoms with Crippen LogP contribution in [-0.4, -0.2) is 40.0 Å². The summed E-state index contributed by atoms with van der Waals surface area (Å²) in [5.74, 6) is -0.0731. The predicted molar refractivity (Wildman–Crippen MR) is 121 cm³/mol. The number of nitrogens with zero attached hydrogens (tertiary/aromatic N) is 1. The molecule has 2 atom stereocenters. The molecule has 0 fully saturated rings. The van der Waals surface area contributed by atoms with Crippen LogP contribution in [-0.2, 0) is 16.0 Å². The van der Waals surface area contributed by atoms with Crippen molar-refractivity contribution in [1.82, 2.24) is 15.3 Å². The summed E-state index contributed by atoms with van der Waals surface area (Å²) in [6.07, 6.45) is 4.60. The van der Waals surface area contributed by atoms with Crippen LogP contribution in [0, 0.1) is 5.92 Å². The Bertz CT molecular complexity index is 1060. The highest BCUT2D eigenvalue weighted by Crippen LogP contribution is 2.30. The van der Waals surface area contributed by atoms with Crippen molar-refractivity contribution >= 4 is 34.4 Å². The molecular weight excluding hydrogens is 392 g/mol. The number of imidazole rings is 1. The maximum Gasteiger partial charge on any atom is 0.242 e. The number of aldehydes is 1. The number of amides is 1. The van der Waals surface area contributed by atoms with Gasteiger partial charge >= 0.3 is 0 Å². The molecule has 0 saturated carbocycles. The van der Waals surface area contributed by atoms with Gasteiger partial charge in [-0.3, -0.25) is 9.59 Å². The van der Waals surface area contributed by atoms with E-state index in [2.05, 4.69) is 20.6 Å². The van der Waals surface area contributed by atoms with Gasteiger partial charge in [0.1, 0.15) is 12.3 Å². The Hall–Kier alpha value is -3.48. The Morgan fingerprint density at radius 3 is 2.58 bits per heavy atom. The molecule has 0 bridgehead atoms. The molecule has 2 unspecified atom stereocenters. The van der Waals surface area contributed by atoms with Gasteiger partial charge < -0.3 is 20.4 Å². The fourth-order valence-corrected chi connectivity index (χ4v) is 3.50. The molecule has 1 heterocycles. The first-order valence-electron chi connectivity index (χ1n) is 10.4. The highest BCUT2D eigenvalue weighted by Gasteiger charge is 2.22. The molecule has 0 aliphatic rings. The van der Waals surface area contributed by atoms with Crippen LogP contribution >= 0.6 is 0 Å². The Kier molecular flexibility index (Phi) is 7.18. The molecule has 1 aromatic heterocycles. The Morgan fingerprint density at radius 1 is 1.13 bits per heavy atom. The van der Waals surface area contributed by atoms with Crippen LogP contribution in [0.4, 0.5) is 5.69 Å². The van der Waals surface area contributed by atoms with Gasteiger partial charge in [0.15, 0.2) is 5.78 Å². The normalized spacial score (nSPS) is 13.0. The summed E-state index contributed by atoms with van der Waals surface area (Å²) in [6, 6.07) is 10.1. The summed E-state index contributed by atoms with van der Waals surface area (Å²) in [4.78, 5) is 44.0. The van der Waals surface area contributed by atoms with E-state index in [1.54, 1.807) is 13.1 Å². The predicted octanol–water partition coefficient (Wildman–Crippen LogP) is 3.52. The molecule has 7 nitrogen and oxygen atoms in total. The van der Waals surface area contributed by atoms with Crippen molar-refractivity contribution < 1.29 is 14.4 Å². The van der Waals surface area contributed by atoms with Crippen LogP contribution in [0.1, 0.15) is 43.2 Å². The number of carbonyl (C=O) groups excluding carboxylic acids is 3. The fraction of sp³-hybridized carbons (Fsp3) is 0.333. The molecule has 0 aliphatic heterocycles. The second-order valence-electron chi connectivity index (χ2n) is 8.13. The number of aromatic amines is 1. The number of H-pyrrole nitrogens is 1. The number of hydrogen-bond acceptors (Lipinski definition) is 5. The molecule has 3 N–H and O–H groups in total. The van der Waals surface area contributed by atoms with E-state index in [1.807, 2.05) is 50.2 Å². The van der Waals surface area contributed by atoms with Crippen LogP contribution in [0.15, 0.2) is 48.9 Å². The number of Topliss-reactive ketones (excluding diaryl/α,β-unsaturated/α-hetero) is 1. The summed E-state index contributed by atoms with van der Waals surface area (Å²) in [6.45, 7) is 5.72. The summed E-state index contributed by atoms with van der Waals surface area (Å²) in [5.41, 5.74) is 1.97. The third kappa shape index (κ3) is 5.57. The summed E-state index contributed by atoms with van der Waals surface area (Å²) in [7, 11) is 0. The smallest absolute Gasteiger partial charge is 0.242 e. The SMILES string of the molecule is CC(C)CC(=O)c1ccc2ccccc2c1NC(C)C(=O)NC(C=O)Cc1cnc[nH]1. The van der Waals surface area contributed by atoms with Gasteiger partial charge in [0.25, 0.3) is 0 Å². The minimum atomic E-state index is -0.674. The quantitative estimate of drug-likeness (QED) is 0.344. The van der Waals surface area contributed by atoms with Crippen LogP contribution in [0.2, 0.25) is 0 Å². The third-order valence-corrected chi connectivity index (χ3v) is 5.06. The van der Waals surface area contributed by atoms with Crippen LogP contribution in [0.5, 0.6) is 0 Å².